The highest BCUT2D eigenvalue weighted by Gasteiger charge is 2.18. The van der Waals surface area contributed by atoms with Gasteiger partial charge in [0.05, 0.1) is 4.90 Å². The second-order valence-corrected chi connectivity index (χ2v) is 5.92. The number of benzene rings is 1. The minimum absolute atomic E-state index is 0.0511. The van der Waals surface area contributed by atoms with Gasteiger partial charge in [0.2, 0.25) is 10.0 Å². The Bertz CT molecular complexity index is 408. The molecule has 1 rings (SSSR count). The Balaban J connectivity index is 2.77. The molecule has 0 heterocycles. The van der Waals surface area contributed by atoms with Gasteiger partial charge in [-0.2, -0.15) is 0 Å². The van der Waals surface area contributed by atoms with Crippen LogP contribution in [0.4, 0.5) is 0 Å². The van der Waals surface area contributed by atoms with Crippen LogP contribution in [-0.2, 0) is 10.0 Å². The average Bonchev–Trinajstić information content (AvgIpc) is 2.30. The fourth-order valence-corrected chi connectivity index (χ4v) is 3.17. The summed E-state index contributed by atoms with van der Waals surface area (Å²) in [4.78, 5) is 0.345. The lowest BCUT2D eigenvalue weighted by molar-refractivity contribution is 0.494. The number of sulfonamides is 1. The molecule has 0 amide bonds. The molecule has 0 fully saturated rings. The van der Waals surface area contributed by atoms with Crippen LogP contribution in [-0.4, -0.2) is 14.5 Å². The Hall–Kier alpha value is -0.870. The number of hydrogen-bond donors (Lipinski definition) is 1. The first-order valence-electron chi connectivity index (χ1n) is 6.17. The van der Waals surface area contributed by atoms with E-state index >= 15 is 0 Å². The summed E-state index contributed by atoms with van der Waals surface area (Å²) in [6, 6.07) is 8.59. The van der Waals surface area contributed by atoms with Gasteiger partial charge < -0.3 is 0 Å². The molecule has 0 saturated heterocycles. The third kappa shape index (κ3) is 4.48. The quantitative estimate of drug-likeness (QED) is 0.814. The Morgan fingerprint density at radius 1 is 1.06 bits per heavy atom. The topological polar surface area (TPSA) is 46.2 Å². The lowest BCUT2D eigenvalue weighted by atomic mass is 10.1. The second kappa shape index (κ2) is 6.77. The van der Waals surface area contributed by atoms with Gasteiger partial charge in [-0.15, -0.1) is 0 Å². The van der Waals surface area contributed by atoms with Crippen molar-refractivity contribution in [3.05, 3.63) is 30.3 Å². The summed E-state index contributed by atoms with van der Waals surface area (Å²) in [5, 5.41) is 0. The molecule has 0 aliphatic carbocycles. The van der Waals surface area contributed by atoms with Crippen molar-refractivity contribution in [2.24, 2.45) is 0 Å². The molecule has 3 nitrogen and oxygen atoms in total. The molecule has 1 aromatic rings. The summed E-state index contributed by atoms with van der Waals surface area (Å²) in [5.41, 5.74) is 0. The fraction of sp³-hybridized carbons (Fsp3) is 0.538. The van der Waals surface area contributed by atoms with Crippen molar-refractivity contribution in [2.75, 3.05) is 0 Å². The average molecular weight is 255 g/mol. The van der Waals surface area contributed by atoms with Gasteiger partial charge in [0.25, 0.3) is 0 Å². The predicted octanol–water partition coefficient (Wildman–Crippen LogP) is 2.93. The highest BCUT2D eigenvalue weighted by Crippen LogP contribution is 2.12. The SMILES string of the molecule is CCCC(CCC)NS(=O)(=O)c1ccccc1. The monoisotopic (exact) mass is 255 g/mol. The first kappa shape index (κ1) is 14.2. The highest BCUT2D eigenvalue weighted by atomic mass is 32.2. The van der Waals surface area contributed by atoms with Crippen LogP contribution < -0.4 is 4.72 Å². The molecule has 0 aliphatic rings. The van der Waals surface area contributed by atoms with Crippen molar-refractivity contribution in [1.29, 1.82) is 0 Å². The molecule has 0 aliphatic heterocycles. The van der Waals surface area contributed by atoms with Gasteiger partial charge in [-0.25, -0.2) is 13.1 Å². The van der Waals surface area contributed by atoms with Gasteiger partial charge in [0, 0.05) is 6.04 Å². The molecular weight excluding hydrogens is 234 g/mol. The van der Waals surface area contributed by atoms with E-state index in [0.29, 0.717) is 4.90 Å². The van der Waals surface area contributed by atoms with Crippen molar-refractivity contribution in [1.82, 2.24) is 4.72 Å². The maximum atomic E-state index is 12.1. The standard InChI is InChI=1S/C13H21NO2S/c1-3-8-12(9-4-2)14-17(15,16)13-10-6-5-7-11-13/h5-7,10-12,14H,3-4,8-9H2,1-2H3. The first-order valence-corrected chi connectivity index (χ1v) is 7.65. The molecule has 4 heteroatoms. The zero-order valence-electron chi connectivity index (χ0n) is 10.5. The molecule has 0 aromatic heterocycles. The molecule has 1 N–H and O–H groups in total. The summed E-state index contributed by atoms with van der Waals surface area (Å²) >= 11 is 0. The second-order valence-electron chi connectivity index (χ2n) is 4.21. The van der Waals surface area contributed by atoms with E-state index in [1.54, 1.807) is 24.3 Å². The van der Waals surface area contributed by atoms with E-state index in [1.165, 1.54) is 0 Å². The van der Waals surface area contributed by atoms with E-state index in [-0.39, 0.29) is 6.04 Å². The molecule has 0 bridgehead atoms. The maximum absolute atomic E-state index is 12.1. The molecule has 0 unspecified atom stereocenters. The first-order chi connectivity index (χ1) is 8.10. The largest absolute Gasteiger partial charge is 0.240 e. The number of hydrogen-bond acceptors (Lipinski definition) is 2. The number of nitrogens with one attached hydrogen (secondary N) is 1. The van der Waals surface area contributed by atoms with E-state index in [1.807, 2.05) is 6.07 Å². The van der Waals surface area contributed by atoms with Gasteiger partial charge in [-0.3, -0.25) is 0 Å². The smallest absolute Gasteiger partial charge is 0.208 e. The molecule has 0 radical (unpaired) electrons. The molecule has 1 aromatic carbocycles. The maximum Gasteiger partial charge on any atom is 0.240 e. The highest BCUT2D eigenvalue weighted by molar-refractivity contribution is 7.89. The van der Waals surface area contributed by atoms with E-state index in [4.69, 9.17) is 0 Å². The van der Waals surface area contributed by atoms with Crippen molar-refractivity contribution in [2.45, 2.75) is 50.5 Å². The van der Waals surface area contributed by atoms with Crippen LogP contribution in [0.1, 0.15) is 39.5 Å². The van der Waals surface area contributed by atoms with E-state index < -0.39 is 10.0 Å². The lowest BCUT2D eigenvalue weighted by Crippen LogP contribution is -2.34. The van der Waals surface area contributed by atoms with Crippen LogP contribution >= 0.6 is 0 Å². The van der Waals surface area contributed by atoms with E-state index in [0.717, 1.165) is 25.7 Å². The van der Waals surface area contributed by atoms with Crippen molar-refractivity contribution < 1.29 is 8.42 Å². The minimum atomic E-state index is -3.35. The minimum Gasteiger partial charge on any atom is -0.208 e. The van der Waals surface area contributed by atoms with Crippen molar-refractivity contribution in [3.8, 4) is 0 Å². The lowest BCUT2D eigenvalue weighted by Gasteiger charge is -2.17. The van der Waals surface area contributed by atoms with Crippen molar-refractivity contribution >= 4 is 10.0 Å². The summed E-state index contributed by atoms with van der Waals surface area (Å²) in [7, 11) is -3.35. The van der Waals surface area contributed by atoms with Crippen LogP contribution in [0.25, 0.3) is 0 Å². The Morgan fingerprint density at radius 3 is 2.06 bits per heavy atom. The summed E-state index contributed by atoms with van der Waals surface area (Å²) in [6.45, 7) is 4.14. The van der Waals surface area contributed by atoms with Gasteiger partial charge in [-0.05, 0) is 25.0 Å². The van der Waals surface area contributed by atoms with Crippen LogP contribution in [0, 0.1) is 0 Å². The summed E-state index contributed by atoms with van der Waals surface area (Å²) in [6.07, 6.45) is 3.75. The van der Waals surface area contributed by atoms with Crippen LogP contribution in [0.2, 0.25) is 0 Å². The van der Waals surface area contributed by atoms with Gasteiger partial charge in [-0.1, -0.05) is 44.9 Å². The molecule has 0 saturated carbocycles. The third-order valence-electron chi connectivity index (χ3n) is 2.65. The van der Waals surface area contributed by atoms with Crippen LogP contribution in [0.3, 0.4) is 0 Å². The van der Waals surface area contributed by atoms with Gasteiger partial charge in [0.15, 0.2) is 0 Å². The van der Waals surface area contributed by atoms with E-state index in [9.17, 15) is 8.42 Å². The van der Waals surface area contributed by atoms with E-state index in [2.05, 4.69) is 18.6 Å². The zero-order chi connectivity index (χ0) is 12.7. The number of rotatable bonds is 7. The van der Waals surface area contributed by atoms with Crippen molar-refractivity contribution in [3.63, 3.8) is 0 Å². The molecular formula is C13H21NO2S. The molecule has 0 spiro atoms. The molecule has 0 atom stereocenters. The van der Waals surface area contributed by atoms with Crippen LogP contribution in [0.5, 0.6) is 0 Å². The zero-order valence-corrected chi connectivity index (χ0v) is 11.3. The Morgan fingerprint density at radius 2 is 1.59 bits per heavy atom. The molecule has 17 heavy (non-hydrogen) atoms. The van der Waals surface area contributed by atoms with Gasteiger partial charge >= 0.3 is 0 Å². The van der Waals surface area contributed by atoms with Gasteiger partial charge in [0.1, 0.15) is 0 Å². The summed E-state index contributed by atoms with van der Waals surface area (Å²) in [5.74, 6) is 0. The Labute approximate surface area is 104 Å². The van der Waals surface area contributed by atoms with Crippen LogP contribution in [0.15, 0.2) is 35.2 Å². The third-order valence-corrected chi connectivity index (χ3v) is 4.19. The normalized spacial score (nSPS) is 11.9. The predicted molar refractivity (Wildman–Crippen MR) is 70.4 cm³/mol. The Kier molecular flexibility index (Phi) is 5.65. The fourth-order valence-electron chi connectivity index (χ4n) is 1.85. The summed E-state index contributed by atoms with van der Waals surface area (Å²) < 4.78 is 26.9. The molecule has 96 valence electrons.